The van der Waals surface area contributed by atoms with Crippen molar-refractivity contribution in [3.63, 3.8) is 0 Å². The van der Waals surface area contributed by atoms with Crippen LogP contribution in [0.4, 0.5) is 5.95 Å². The first-order valence-corrected chi connectivity index (χ1v) is 5.16. The lowest BCUT2D eigenvalue weighted by molar-refractivity contribution is 0.655. The number of anilines is 1. The molecule has 0 aromatic carbocycles. The molecule has 1 aromatic heterocycles. The van der Waals surface area contributed by atoms with Crippen LogP contribution in [0.2, 0.25) is 0 Å². The molecular formula is C10H20N4. The summed E-state index contributed by atoms with van der Waals surface area (Å²) in [5.74, 6) is 1.06. The average Bonchev–Trinajstić information content (AvgIpc) is 2.63. The summed E-state index contributed by atoms with van der Waals surface area (Å²) in [6.45, 7) is 5.18. The molecule has 1 heterocycles. The van der Waals surface area contributed by atoms with Gasteiger partial charge in [0.1, 0.15) is 0 Å². The van der Waals surface area contributed by atoms with Gasteiger partial charge in [-0.2, -0.15) is 0 Å². The van der Waals surface area contributed by atoms with Crippen molar-refractivity contribution in [1.82, 2.24) is 14.9 Å². The molecule has 14 heavy (non-hydrogen) atoms. The average molecular weight is 196 g/mol. The van der Waals surface area contributed by atoms with E-state index in [0.717, 1.165) is 32.0 Å². The zero-order valence-corrected chi connectivity index (χ0v) is 9.32. The fourth-order valence-corrected chi connectivity index (χ4v) is 1.43. The monoisotopic (exact) mass is 196 g/mol. The van der Waals surface area contributed by atoms with Crippen LogP contribution >= 0.6 is 0 Å². The summed E-state index contributed by atoms with van der Waals surface area (Å²) in [4.78, 5) is 6.52. The largest absolute Gasteiger partial charge is 0.344 e. The number of aromatic nitrogens is 2. The van der Waals surface area contributed by atoms with Gasteiger partial charge >= 0.3 is 0 Å². The lowest BCUT2D eigenvalue weighted by atomic mass is 10.5. The van der Waals surface area contributed by atoms with Crippen molar-refractivity contribution in [3.8, 4) is 0 Å². The minimum Gasteiger partial charge on any atom is -0.344 e. The number of imidazole rings is 1. The van der Waals surface area contributed by atoms with Gasteiger partial charge in [0, 0.05) is 39.1 Å². The Hall–Kier alpha value is -1.03. The Balaban J connectivity index is 2.58. The lowest BCUT2D eigenvalue weighted by Gasteiger charge is -2.19. The quantitative estimate of drug-likeness (QED) is 0.735. The van der Waals surface area contributed by atoms with E-state index < -0.39 is 0 Å². The van der Waals surface area contributed by atoms with Crippen LogP contribution in [0.15, 0.2) is 12.4 Å². The maximum Gasteiger partial charge on any atom is 0.205 e. The molecule has 0 atom stereocenters. The molecule has 0 aliphatic heterocycles. The Bertz CT molecular complexity index is 256. The second-order valence-electron chi connectivity index (χ2n) is 3.45. The third-order valence-corrected chi connectivity index (χ3v) is 2.20. The fourth-order valence-electron chi connectivity index (χ4n) is 1.43. The number of hydrogen-bond acceptors (Lipinski definition) is 3. The summed E-state index contributed by atoms with van der Waals surface area (Å²) < 4.78 is 2.19. The highest BCUT2D eigenvalue weighted by molar-refractivity contribution is 5.29. The zero-order chi connectivity index (χ0) is 10.4. The molecule has 0 radical (unpaired) electrons. The number of rotatable bonds is 6. The van der Waals surface area contributed by atoms with Gasteiger partial charge in [0.15, 0.2) is 0 Å². The molecule has 0 amide bonds. The summed E-state index contributed by atoms with van der Waals surface area (Å²) in [6.07, 6.45) is 5.04. The van der Waals surface area contributed by atoms with E-state index in [-0.39, 0.29) is 0 Å². The van der Waals surface area contributed by atoms with Crippen molar-refractivity contribution >= 4 is 5.95 Å². The Morgan fingerprint density at radius 3 is 3.00 bits per heavy atom. The van der Waals surface area contributed by atoms with Crippen molar-refractivity contribution < 1.29 is 0 Å². The van der Waals surface area contributed by atoms with Gasteiger partial charge in [0.05, 0.1) is 0 Å². The Morgan fingerprint density at radius 2 is 2.36 bits per heavy atom. The SMILES string of the molecule is CCCn1ccnc1N(C)CCNC. The Labute approximate surface area is 85.9 Å². The molecule has 1 rings (SSSR count). The summed E-state index contributed by atoms with van der Waals surface area (Å²) in [6, 6.07) is 0. The molecule has 4 nitrogen and oxygen atoms in total. The van der Waals surface area contributed by atoms with E-state index in [2.05, 4.69) is 33.7 Å². The lowest BCUT2D eigenvalue weighted by Crippen LogP contribution is -2.29. The van der Waals surface area contributed by atoms with Crippen LogP contribution in [0.25, 0.3) is 0 Å². The predicted octanol–water partition coefficient (Wildman–Crippen LogP) is 0.949. The molecule has 0 saturated carbocycles. The first-order valence-electron chi connectivity index (χ1n) is 5.16. The van der Waals surface area contributed by atoms with E-state index in [1.54, 1.807) is 0 Å². The molecule has 0 aliphatic rings. The van der Waals surface area contributed by atoms with Gasteiger partial charge in [-0.05, 0) is 13.5 Å². The van der Waals surface area contributed by atoms with Gasteiger partial charge in [-0.1, -0.05) is 6.92 Å². The smallest absolute Gasteiger partial charge is 0.205 e. The summed E-state index contributed by atoms with van der Waals surface area (Å²) in [7, 11) is 4.04. The second kappa shape index (κ2) is 5.65. The van der Waals surface area contributed by atoms with Crippen molar-refractivity contribution in [1.29, 1.82) is 0 Å². The molecular weight excluding hydrogens is 176 g/mol. The predicted molar refractivity (Wildman–Crippen MR) is 59.7 cm³/mol. The molecule has 4 heteroatoms. The van der Waals surface area contributed by atoms with E-state index in [1.165, 1.54) is 0 Å². The topological polar surface area (TPSA) is 33.1 Å². The Kier molecular flexibility index (Phi) is 4.46. The van der Waals surface area contributed by atoms with Gasteiger partial charge in [0.2, 0.25) is 5.95 Å². The molecule has 0 saturated heterocycles. The van der Waals surface area contributed by atoms with Gasteiger partial charge in [-0.3, -0.25) is 0 Å². The first-order chi connectivity index (χ1) is 6.79. The van der Waals surface area contributed by atoms with Crippen LogP contribution < -0.4 is 10.2 Å². The molecule has 1 N–H and O–H groups in total. The third-order valence-electron chi connectivity index (χ3n) is 2.20. The molecule has 0 aliphatic carbocycles. The Morgan fingerprint density at radius 1 is 1.57 bits per heavy atom. The van der Waals surface area contributed by atoms with Gasteiger partial charge in [-0.25, -0.2) is 4.98 Å². The summed E-state index contributed by atoms with van der Waals surface area (Å²) in [5, 5.41) is 3.13. The highest BCUT2D eigenvalue weighted by Gasteiger charge is 2.06. The van der Waals surface area contributed by atoms with Crippen LogP contribution in [0.5, 0.6) is 0 Å². The van der Waals surface area contributed by atoms with E-state index in [9.17, 15) is 0 Å². The first kappa shape index (κ1) is 11.0. The van der Waals surface area contributed by atoms with Gasteiger partial charge in [-0.15, -0.1) is 0 Å². The third kappa shape index (κ3) is 2.73. The van der Waals surface area contributed by atoms with E-state index in [0.29, 0.717) is 0 Å². The molecule has 0 fully saturated rings. The molecule has 0 spiro atoms. The molecule has 1 aromatic rings. The maximum atomic E-state index is 4.35. The van der Waals surface area contributed by atoms with Crippen LogP contribution in [-0.4, -0.2) is 36.7 Å². The van der Waals surface area contributed by atoms with Crippen molar-refractivity contribution in [2.45, 2.75) is 19.9 Å². The highest BCUT2D eigenvalue weighted by atomic mass is 15.3. The zero-order valence-electron chi connectivity index (χ0n) is 9.32. The molecule has 0 bridgehead atoms. The highest BCUT2D eigenvalue weighted by Crippen LogP contribution is 2.09. The van der Waals surface area contributed by atoms with E-state index in [4.69, 9.17) is 0 Å². The number of likely N-dealkylation sites (N-methyl/N-ethyl adjacent to an activating group) is 2. The van der Waals surface area contributed by atoms with Crippen molar-refractivity contribution in [2.75, 3.05) is 32.1 Å². The van der Waals surface area contributed by atoms with Crippen LogP contribution in [0, 0.1) is 0 Å². The normalized spacial score (nSPS) is 10.5. The maximum absolute atomic E-state index is 4.35. The second-order valence-corrected chi connectivity index (χ2v) is 3.45. The standard InChI is InChI=1S/C10H20N4/c1-4-7-14-9-6-12-10(14)13(3)8-5-11-2/h6,9,11H,4-5,7-8H2,1-3H3. The number of nitrogens with zero attached hydrogens (tertiary/aromatic N) is 3. The molecule has 0 unspecified atom stereocenters. The van der Waals surface area contributed by atoms with Crippen LogP contribution in [0.3, 0.4) is 0 Å². The number of hydrogen-bond donors (Lipinski definition) is 1. The summed E-state index contributed by atoms with van der Waals surface area (Å²) >= 11 is 0. The van der Waals surface area contributed by atoms with E-state index in [1.807, 2.05) is 19.4 Å². The summed E-state index contributed by atoms with van der Waals surface area (Å²) in [5.41, 5.74) is 0. The number of nitrogens with one attached hydrogen (secondary N) is 1. The van der Waals surface area contributed by atoms with E-state index >= 15 is 0 Å². The van der Waals surface area contributed by atoms with Crippen molar-refractivity contribution in [2.24, 2.45) is 0 Å². The van der Waals surface area contributed by atoms with Gasteiger partial charge < -0.3 is 14.8 Å². The van der Waals surface area contributed by atoms with Crippen LogP contribution in [-0.2, 0) is 6.54 Å². The van der Waals surface area contributed by atoms with Crippen molar-refractivity contribution in [3.05, 3.63) is 12.4 Å². The minimum atomic E-state index is 0.982. The van der Waals surface area contributed by atoms with Gasteiger partial charge in [0.25, 0.3) is 0 Å². The minimum absolute atomic E-state index is 0.982. The van der Waals surface area contributed by atoms with Crippen LogP contribution in [0.1, 0.15) is 13.3 Å². The number of aryl methyl sites for hydroxylation is 1. The fraction of sp³-hybridized carbons (Fsp3) is 0.700. The molecule has 80 valence electrons.